The number of aryl methyl sites for hydroxylation is 1. The van der Waals surface area contributed by atoms with Gasteiger partial charge in [-0.05, 0) is 182 Å². The van der Waals surface area contributed by atoms with Crippen LogP contribution in [0.5, 0.6) is 0 Å². The van der Waals surface area contributed by atoms with E-state index in [1.807, 2.05) is 0 Å². The van der Waals surface area contributed by atoms with Gasteiger partial charge in [0, 0.05) is 50.4 Å². The first-order valence-electron chi connectivity index (χ1n) is 29.0. The molecule has 2 atom stereocenters. The fourth-order valence-electron chi connectivity index (χ4n) is 14.7. The lowest BCUT2D eigenvalue weighted by Crippen LogP contribution is -2.64. The molecular formula is C71H86BN3O. The largest absolute Gasteiger partial charge is 0.440 e. The molecule has 12 rings (SSSR count). The average Bonchev–Trinajstić information content (AvgIpc) is 3.92. The van der Waals surface area contributed by atoms with Crippen molar-refractivity contribution in [3.63, 3.8) is 0 Å². The summed E-state index contributed by atoms with van der Waals surface area (Å²) in [4.78, 5) is 8.04. The highest BCUT2D eigenvalue weighted by molar-refractivity contribution is 7.01. The third-order valence-corrected chi connectivity index (χ3v) is 20.0. The van der Waals surface area contributed by atoms with Crippen molar-refractivity contribution >= 4 is 79.8 Å². The highest BCUT2D eigenvalue weighted by Gasteiger charge is 2.62. The maximum atomic E-state index is 7.73. The molecule has 1 fully saturated rings. The fourth-order valence-corrected chi connectivity index (χ4v) is 14.7. The van der Waals surface area contributed by atoms with Crippen molar-refractivity contribution in [1.29, 1.82) is 0 Å². The summed E-state index contributed by atoms with van der Waals surface area (Å²) in [6, 6.07) is 41.6. The topological polar surface area (TPSA) is 22.9 Å². The molecule has 0 N–H and O–H groups in total. The third-order valence-electron chi connectivity index (χ3n) is 20.0. The lowest BCUT2D eigenvalue weighted by molar-refractivity contribution is 0.195. The third kappa shape index (κ3) is 7.42. The van der Waals surface area contributed by atoms with Crippen LogP contribution >= 0.6 is 0 Å². The van der Waals surface area contributed by atoms with E-state index in [9.17, 15) is 0 Å². The van der Waals surface area contributed by atoms with Crippen LogP contribution in [0, 0.1) is 6.92 Å². The quantitative estimate of drug-likeness (QED) is 0.164. The van der Waals surface area contributed by atoms with Crippen LogP contribution in [0.1, 0.15) is 208 Å². The van der Waals surface area contributed by atoms with Crippen LogP contribution in [0.15, 0.2) is 108 Å². The van der Waals surface area contributed by atoms with Crippen LogP contribution in [0.25, 0.3) is 11.0 Å². The molecule has 6 aromatic carbocycles. The molecule has 7 aromatic rings. The molecular weight excluding hydrogens is 922 g/mol. The number of fused-ring (bicyclic) bond motifs is 10. The fraction of sp³-hybridized carbons (Fsp3) is 0.465. The van der Waals surface area contributed by atoms with E-state index in [0.717, 1.165) is 47.8 Å². The monoisotopic (exact) mass is 1010 g/mol. The Balaban J connectivity index is 1.24. The van der Waals surface area contributed by atoms with Gasteiger partial charge in [-0.15, -0.1) is 0 Å². The molecule has 2 aliphatic carbocycles. The second-order valence-corrected chi connectivity index (χ2v) is 30.2. The van der Waals surface area contributed by atoms with E-state index < -0.39 is 0 Å². The van der Waals surface area contributed by atoms with E-state index in [2.05, 4.69) is 249 Å². The molecule has 76 heavy (non-hydrogen) atoms. The second-order valence-electron chi connectivity index (χ2n) is 30.2. The van der Waals surface area contributed by atoms with Crippen molar-refractivity contribution in [1.82, 2.24) is 0 Å². The number of furan rings is 1. The minimum atomic E-state index is -0.160. The molecule has 0 amide bonds. The molecule has 394 valence electrons. The normalized spacial score (nSPS) is 21.3. The minimum absolute atomic E-state index is 0.00126. The number of hydrogen-bond acceptors (Lipinski definition) is 4. The Morgan fingerprint density at radius 3 is 1.66 bits per heavy atom. The van der Waals surface area contributed by atoms with Gasteiger partial charge in [0.25, 0.3) is 6.71 Å². The molecule has 4 nitrogen and oxygen atoms in total. The maximum absolute atomic E-state index is 7.73. The SMILES string of the molecule is Cc1cc(C(C)(C)C)ccc1N(c1ccc(C(C)(C)C)cc1)c1cc2c3c(c1)N1c4c(cc(C(C)(C)C)cc4C4(C)CCCCC14C)B3c1c(oc3cc4c(cc13)C(C)(C)CCC4(C)C)N2c1ccc(C(C)(C)C)cc1. The molecule has 4 heterocycles. The number of anilines is 8. The Labute approximate surface area is 457 Å². The van der Waals surface area contributed by atoms with Crippen molar-refractivity contribution in [2.75, 3.05) is 14.7 Å². The summed E-state index contributed by atoms with van der Waals surface area (Å²) in [5.41, 5.74) is 24.7. The number of nitrogens with zero attached hydrogens (tertiary/aromatic N) is 3. The highest BCUT2D eigenvalue weighted by atomic mass is 16.4. The Morgan fingerprint density at radius 2 is 1.07 bits per heavy atom. The zero-order valence-electron chi connectivity index (χ0n) is 49.9. The van der Waals surface area contributed by atoms with E-state index in [4.69, 9.17) is 4.42 Å². The minimum Gasteiger partial charge on any atom is -0.440 e. The van der Waals surface area contributed by atoms with Gasteiger partial charge in [0.1, 0.15) is 5.58 Å². The summed E-state index contributed by atoms with van der Waals surface area (Å²) >= 11 is 0. The Kier molecular flexibility index (Phi) is 10.9. The summed E-state index contributed by atoms with van der Waals surface area (Å²) in [6.07, 6.45) is 7.07. The van der Waals surface area contributed by atoms with Crippen LogP contribution in [0.4, 0.5) is 45.7 Å². The molecule has 0 bridgehead atoms. The van der Waals surface area contributed by atoms with E-state index >= 15 is 0 Å². The van der Waals surface area contributed by atoms with Crippen LogP contribution in [-0.4, -0.2) is 12.3 Å². The summed E-state index contributed by atoms with van der Waals surface area (Å²) in [5.74, 6) is 0.944. The highest BCUT2D eigenvalue weighted by Crippen LogP contribution is 2.63. The summed E-state index contributed by atoms with van der Waals surface area (Å²) < 4.78 is 7.73. The van der Waals surface area contributed by atoms with Crippen molar-refractivity contribution in [2.45, 2.75) is 214 Å². The van der Waals surface area contributed by atoms with Gasteiger partial charge in [-0.25, -0.2) is 0 Å². The number of rotatable bonds is 4. The zero-order chi connectivity index (χ0) is 54.4. The standard InChI is InChI=1S/C71H86BN3O/c1-43-36-46(66(8,9)10)26-31-56(43)73(48-27-22-44(23-28-48)64(2,3)4)50-39-57-61-58(40-50)75-62-54(70(18)32-20-21-33-71(70,75)19)37-47(67(11,12)13)38-55(62)72(61)60-51-41-52-53(69(16,17)35-34-68(52,14)15)42-59(51)76-63(60)74(57)49-29-24-45(25-30-49)65(5,6)7/h22-31,36-42H,20-21,32-35H2,1-19H3. The Bertz CT molecular complexity index is 3520. The van der Waals surface area contributed by atoms with Crippen LogP contribution in [-0.2, 0) is 37.9 Å². The smallest absolute Gasteiger partial charge is 0.257 e. The molecule has 1 aromatic heterocycles. The predicted octanol–water partition coefficient (Wildman–Crippen LogP) is 18.1. The van der Waals surface area contributed by atoms with Gasteiger partial charge in [0.05, 0.1) is 11.2 Å². The van der Waals surface area contributed by atoms with Crippen LogP contribution in [0.2, 0.25) is 0 Å². The van der Waals surface area contributed by atoms with Crippen LogP contribution in [0.3, 0.4) is 0 Å². The molecule has 0 spiro atoms. The van der Waals surface area contributed by atoms with Gasteiger partial charge < -0.3 is 14.2 Å². The molecule has 0 saturated heterocycles. The van der Waals surface area contributed by atoms with E-state index in [1.54, 1.807) is 0 Å². The first-order chi connectivity index (χ1) is 35.3. The number of hydrogen-bond donors (Lipinski definition) is 0. The van der Waals surface area contributed by atoms with Gasteiger partial charge in [-0.2, -0.15) is 0 Å². The lowest BCUT2D eigenvalue weighted by atomic mass is 9.33. The second kappa shape index (κ2) is 16.2. The van der Waals surface area contributed by atoms with Gasteiger partial charge in [0.2, 0.25) is 5.88 Å². The summed E-state index contributed by atoms with van der Waals surface area (Å²) in [5, 5.41) is 1.26. The Morgan fingerprint density at radius 1 is 0.513 bits per heavy atom. The molecule has 3 aliphatic heterocycles. The first kappa shape index (κ1) is 51.1. The van der Waals surface area contributed by atoms with Crippen molar-refractivity contribution in [3.05, 3.63) is 148 Å². The van der Waals surface area contributed by atoms with Gasteiger partial charge in [-0.1, -0.05) is 179 Å². The van der Waals surface area contributed by atoms with Crippen molar-refractivity contribution in [3.8, 4) is 0 Å². The van der Waals surface area contributed by atoms with E-state index in [0.29, 0.717) is 0 Å². The van der Waals surface area contributed by atoms with Crippen molar-refractivity contribution in [2.24, 2.45) is 0 Å². The van der Waals surface area contributed by atoms with E-state index in [-0.39, 0.29) is 50.2 Å². The molecule has 0 radical (unpaired) electrons. The lowest BCUT2D eigenvalue weighted by Gasteiger charge is -2.52. The van der Waals surface area contributed by atoms with E-state index in [1.165, 1.54) is 108 Å². The average molecular weight is 1010 g/mol. The first-order valence-corrected chi connectivity index (χ1v) is 29.0. The van der Waals surface area contributed by atoms with Gasteiger partial charge in [-0.3, -0.25) is 4.90 Å². The van der Waals surface area contributed by atoms with Gasteiger partial charge >= 0.3 is 0 Å². The molecule has 5 aliphatic rings. The van der Waals surface area contributed by atoms with Gasteiger partial charge in [0.15, 0.2) is 0 Å². The summed E-state index contributed by atoms with van der Waals surface area (Å²) in [6.45, 7) is 45.5. The zero-order valence-corrected chi connectivity index (χ0v) is 49.9. The summed E-state index contributed by atoms with van der Waals surface area (Å²) in [7, 11) is 0. The molecule has 5 heteroatoms. The van der Waals surface area contributed by atoms with Crippen molar-refractivity contribution < 1.29 is 4.42 Å². The van der Waals surface area contributed by atoms with Crippen LogP contribution < -0.4 is 31.1 Å². The molecule has 2 unspecified atom stereocenters. The number of benzene rings is 6. The predicted molar refractivity (Wildman–Crippen MR) is 328 cm³/mol. The molecule has 1 saturated carbocycles. The Hall–Kier alpha value is -5.68. The maximum Gasteiger partial charge on any atom is 0.257 e.